The molecule has 3 nitrogen and oxygen atoms in total. The Hall–Kier alpha value is -1.49. The molecular formula is C13H12BrFN2O. The molecule has 0 spiro atoms. The van der Waals surface area contributed by atoms with Crippen LogP contribution < -0.4 is 0 Å². The number of aryl methyl sites for hydroxylation is 2. The van der Waals surface area contributed by atoms with E-state index in [1.165, 1.54) is 12.1 Å². The summed E-state index contributed by atoms with van der Waals surface area (Å²) in [6.45, 7) is 0. The molecule has 2 rings (SSSR count). The van der Waals surface area contributed by atoms with Crippen molar-refractivity contribution in [2.24, 2.45) is 7.05 Å². The van der Waals surface area contributed by atoms with Gasteiger partial charge in [0.05, 0.1) is 11.8 Å². The number of carbonyl (C=O) groups is 1. The number of carbonyl (C=O) groups excluding carboxylic acids is 1. The maximum absolute atomic E-state index is 13.6. The Labute approximate surface area is 113 Å². The first-order chi connectivity index (χ1) is 8.56. The molecule has 0 bridgehead atoms. The van der Waals surface area contributed by atoms with Gasteiger partial charge < -0.3 is 0 Å². The molecule has 0 amide bonds. The molecular weight excluding hydrogens is 299 g/mol. The second-order valence-electron chi connectivity index (χ2n) is 4.07. The van der Waals surface area contributed by atoms with Crippen LogP contribution in [0.2, 0.25) is 0 Å². The Balaban J connectivity index is 2.03. The average Bonchev–Trinajstić information content (AvgIpc) is 2.72. The van der Waals surface area contributed by atoms with Crippen molar-refractivity contribution >= 4 is 21.7 Å². The molecule has 0 saturated heterocycles. The average molecular weight is 311 g/mol. The van der Waals surface area contributed by atoms with E-state index in [-0.39, 0.29) is 17.8 Å². The summed E-state index contributed by atoms with van der Waals surface area (Å²) in [4.78, 5) is 11.9. The van der Waals surface area contributed by atoms with Crippen LogP contribution in [0.15, 0.2) is 35.1 Å². The number of ketones is 1. The lowest BCUT2D eigenvalue weighted by Crippen LogP contribution is -2.03. The van der Waals surface area contributed by atoms with Gasteiger partial charge in [-0.05, 0) is 30.2 Å². The van der Waals surface area contributed by atoms with Crippen LogP contribution in [0.25, 0.3) is 0 Å². The normalized spacial score (nSPS) is 10.6. The molecule has 1 aromatic heterocycles. The molecule has 0 saturated carbocycles. The summed E-state index contributed by atoms with van der Waals surface area (Å²) in [6.07, 6.45) is 4.42. The van der Waals surface area contributed by atoms with Crippen molar-refractivity contribution in [3.63, 3.8) is 0 Å². The smallest absolute Gasteiger partial charge is 0.166 e. The molecule has 0 fully saturated rings. The standard InChI is InChI=1S/C13H12BrFN2O/c1-17-8-9(7-16-17)2-5-13(18)11-4-3-10(14)6-12(11)15/h3-4,6-8H,2,5H2,1H3. The Bertz CT molecular complexity index is 580. The number of aromatic nitrogens is 2. The van der Waals surface area contributed by atoms with Crippen LogP contribution in [0.1, 0.15) is 22.3 Å². The van der Waals surface area contributed by atoms with Gasteiger partial charge >= 0.3 is 0 Å². The van der Waals surface area contributed by atoms with Gasteiger partial charge in [-0.25, -0.2) is 4.39 Å². The number of halogens is 2. The van der Waals surface area contributed by atoms with E-state index < -0.39 is 5.82 Å². The maximum Gasteiger partial charge on any atom is 0.166 e. The van der Waals surface area contributed by atoms with Crippen LogP contribution in [0, 0.1) is 5.82 Å². The van der Waals surface area contributed by atoms with Crippen LogP contribution in [-0.4, -0.2) is 15.6 Å². The van der Waals surface area contributed by atoms with Crippen molar-refractivity contribution in [2.75, 3.05) is 0 Å². The van der Waals surface area contributed by atoms with Crippen LogP contribution in [0.3, 0.4) is 0 Å². The highest BCUT2D eigenvalue weighted by atomic mass is 79.9. The minimum absolute atomic E-state index is 0.141. The van der Waals surface area contributed by atoms with Gasteiger partial charge in [-0.2, -0.15) is 5.10 Å². The third kappa shape index (κ3) is 3.04. The zero-order chi connectivity index (χ0) is 13.1. The zero-order valence-corrected chi connectivity index (χ0v) is 11.4. The predicted octanol–water partition coefficient (Wildman–Crippen LogP) is 3.14. The van der Waals surface area contributed by atoms with Gasteiger partial charge in [0, 0.05) is 24.1 Å². The van der Waals surface area contributed by atoms with Gasteiger partial charge in [0.25, 0.3) is 0 Å². The van der Waals surface area contributed by atoms with Crippen LogP contribution in [0.4, 0.5) is 4.39 Å². The molecule has 1 heterocycles. The summed E-state index contributed by atoms with van der Waals surface area (Å²) in [6, 6.07) is 4.47. The van der Waals surface area contributed by atoms with Gasteiger partial charge in [0.1, 0.15) is 5.82 Å². The Morgan fingerprint density at radius 3 is 2.89 bits per heavy atom. The summed E-state index contributed by atoms with van der Waals surface area (Å²) >= 11 is 3.16. The fourth-order valence-corrected chi connectivity index (χ4v) is 2.04. The summed E-state index contributed by atoms with van der Waals surface area (Å²) in [5.74, 6) is -0.676. The molecule has 0 atom stereocenters. The fraction of sp³-hybridized carbons (Fsp3) is 0.231. The first-order valence-electron chi connectivity index (χ1n) is 5.52. The Morgan fingerprint density at radius 1 is 1.50 bits per heavy atom. The molecule has 1 aromatic carbocycles. The van der Waals surface area contributed by atoms with E-state index in [1.807, 2.05) is 13.2 Å². The van der Waals surface area contributed by atoms with Crippen molar-refractivity contribution in [2.45, 2.75) is 12.8 Å². The molecule has 0 aliphatic heterocycles. The second-order valence-corrected chi connectivity index (χ2v) is 4.99. The summed E-state index contributed by atoms with van der Waals surface area (Å²) in [7, 11) is 1.82. The highest BCUT2D eigenvalue weighted by Crippen LogP contribution is 2.17. The molecule has 2 aromatic rings. The van der Waals surface area contributed by atoms with E-state index in [0.717, 1.165) is 5.56 Å². The SMILES string of the molecule is Cn1cc(CCC(=O)c2ccc(Br)cc2F)cn1. The molecule has 94 valence electrons. The minimum atomic E-state index is -0.486. The summed E-state index contributed by atoms with van der Waals surface area (Å²) < 4.78 is 15.9. The molecule has 18 heavy (non-hydrogen) atoms. The van der Waals surface area contributed by atoms with Crippen molar-refractivity contribution in [1.82, 2.24) is 9.78 Å². The minimum Gasteiger partial charge on any atom is -0.294 e. The fourth-order valence-electron chi connectivity index (χ4n) is 1.71. The van der Waals surface area contributed by atoms with Gasteiger partial charge in [-0.15, -0.1) is 0 Å². The summed E-state index contributed by atoms with van der Waals surface area (Å²) in [5, 5.41) is 4.02. The van der Waals surface area contributed by atoms with Crippen molar-refractivity contribution in [1.29, 1.82) is 0 Å². The van der Waals surface area contributed by atoms with Crippen molar-refractivity contribution in [3.05, 3.63) is 52.0 Å². The van der Waals surface area contributed by atoms with E-state index >= 15 is 0 Å². The van der Waals surface area contributed by atoms with Crippen molar-refractivity contribution < 1.29 is 9.18 Å². The lowest BCUT2D eigenvalue weighted by atomic mass is 10.0. The van der Waals surface area contributed by atoms with E-state index in [2.05, 4.69) is 21.0 Å². The molecule has 0 aliphatic rings. The Morgan fingerprint density at radius 2 is 2.28 bits per heavy atom. The number of benzene rings is 1. The van der Waals surface area contributed by atoms with Gasteiger partial charge in [0.15, 0.2) is 5.78 Å². The molecule has 5 heteroatoms. The molecule has 0 radical (unpaired) electrons. The first-order valence-corrected chi connectivity index (χ1v) is 6.31. The first kappa shape index (κ1) is 13.0. The van der Waals surface area contributed by atoms with E-state index in [1.54, 1.807) is 16.9 Å². The zero-order valence-electron chi connectivity index (χ0n) is 9.86. The third-order valence-corrected chi connectivity index (χ3v) is 3.12. The van der Waals surface area contributed by atoms with Gasteiger partial charge in [-0.3, -0.25) is 9.48 Å². The second kappa shape index (κ2) is 5.44. The van der Waals surface area contributed by atoms with Crippen LogP contribution >= 0.6 is 15.9 Å². The molecule has 0 aliphatic carbocycles. The Kier molecular flexibility index (Phi) is 3.91. The van der Waals surface area contributed by atoms with E-state index in [0.29, 0.717) is 10.9 Å². The van der Waals surface area contributed by atoms with Crippen molar-refractivity contribution in [3.8, 4) is 0 Å². The monoisotopic (exact) mass is 310 g/mol. The third-order valence-electron chi connectivity index (χ3n) is 2.63. The lowest BCUT2D eigenvalue weighted by Gasteiger charge is -2.02. The van der Waals surface area contributed by atoms with E-state index in [4.69, 9.17) is 0 Å². The number of hydrogen-bond donors (Lipinski definition) is 0. The van der Waals surface area contributed by atoms with Gasteiger partial charge in [0.2, 0.25) is 0 Å². The lowest BCUT2D eigenvalue weighted by molar-refractivity contribution is 0.0979. The number of rotatable bonds is 4. The molecule has 0 unspecified atom stereocenters. The van der Waals surface area contributed by atoms with Gasteiger partial charge in [-0.1, -0.05) is 15.9 Å². The summed E-state index contributed by atoms with van der Waals surface area (Å²) in [5.41, 5.74) is 1.12. The highest BCUT2D eigenvalue weighted by molar-refractivity contribution is 9.10. The topological polar surface area (TPSA) is 34.9 Å². The quantitative estimate of drug-likeness (QED) is 0.813. The largest absolute Gasteiger partial charge is 0.294 e. The number of hydrogen-bond acceptors (Lipinski definition) is 2. The number of nitrogens with zero attached hydrogens (tertiary/aromatic N) is 2. The maximum atomic E-state index is 13.6. The van der Waals surface area contributed by atoms with Crippen LogP contribution in [-0.2, 0) is 13.5 Å². The van der Waals surface area contributed by atoms with Crippen LogP contribution in [0.5, 0.6) is 0 Å². The predicted molar refractivity (Wildman–Crippen MR) is 70.0 cm³/mol. The number of Topliss-reactive ketones (excluding diaryl/α,β-unsaturated/α-hetero) is 1. The molecule has 0 N–H and O–H groups in total. The highest BCUT2D eigenvalue weighted by Gasteiger charge is 2.12. The van der Waals surface area contributed by atoms with E-state index in [9.17, 15) is 9.18 Å².